The number of phenols is 1. The average molecular weight is 388 g/mol. The Balaban J connectivity index is 1.98. The van der Waals surface area contributed by atoms with Gasteiger partial charge in [-0.05, 0) is 38.8 Å². The quantitative estimate of drug-likeness (QED) is 0.644. The van der Waals surface area contributed by atoms with E-state index in [1.807, 2.05) is 31.2 Å². The van der Waals surface area contributed by atoms with Crippen LogP contribution in [-0.2, 0) is 6.42 Å². The smallest absolute Gasteiger partial charge is 0.135 e. The number of para-hydroxylation sites is 1. The van der Waals surface area contributed by atoms with Gasteiger partial charge in [0.05, 0.1) is 6.04 Å². The van der Waals surface area contributed by atoms with Crippen molar-refractivity contribution in [2.75, 3.05) is 6.54 Å². The second-order valence-electron chi connectivity index (χ2n) is 8.23. The third-order valence-electron chi connectivity index (χ3n) is 5.41. The highest BCUT2D eigenvalue weighted by molar-refractivity contribution is 5.85. The lowest BCUT2D eigenvalue weighted by Gasteiger charge is -2.43. The molecule has 0 spiro atoms. The number of rotatable bonds is 3. The van der Waals surface area contributed by atoms with E-state index < -0.39 is 29.1 Å². The molecule has 2 aromatic carbocycles. The van der Waals surface area contributed by atoms with Crippen LogP contribution in [0, 0.1) is 11.6 Å². The number of aromatic nitrogens is 1. The highest BCUT2D eigenvalue weighted by Gasteiger charge is 2.40. The van der Waals surface area contributed by atoms with Gasteiger partial charge in [0.2, 0.25) is 0 Å². The van der Waals surface area contributed by atoms with Crippen LogP contribution in [0.3, 0.4) is 0 Å². The van der Waals surface area contributed by atoms with Crippen molar-refractivity contribution in [2.45, 2.75) is 44.9 Å². The number of hydrogen-bond acceptors (Lipinski definition) is 2. The molecule has 0 bridgehead atoms. The third kappa shape index (κ3) is 3.15. The van der Waals surface area contributed by atoms with E-state index >= 15 is 0 Å². The monoisotopic (exact) mass is 388 g/mol. The normalized spacial score (nSPS) is 20.5. The first-order valence-electron chi connectivity index (χ1n) is 9.38. The molecule has 1 aliphatic heterocycles. The number of fused-ring (bicyclic) bond motifs is 3. The molecule has 28 heavy (non-hydrogen) atoms. The Labute approximate surface area is 161 Å². The number of aromatic hydroxyl groups is 1. The van der Waals surface area contributed by atoms with Crippen LogP contribution in [0.25, 0.3) is 10.9 Å². The van der Waals surface area contributed by atoms with Crippen LogP contribution in [0.5, 0.6) is 5.75 Å². The third-order valence-corrected chi connectivity index (χ3v) is 5.41. The minimum atomic E-state index is -1.54. The molecular formula is C22H23F3N2O. The first-order chi connectivity index (χ1) is 13.2. The topological polar surface area (TPSA) is 39.3 Å². The Morgan fingerprint density at radius 2 is 1.82 bits per heavy atom. The lowest BCUT2D eigenvalue weighted by Crippen LogP contribution is -2.48. The molecule has 2 N–H and O–H groups in total. The predicted octanol–water partition coefficient (Wildman–Crippen LogP) is 5.24. The zero-order valence-electron chi connectivity index (χ0n) is 16.1. The molecule has 2 heterocycles. The summed E-state index contributed by atoms with van der Waals surface area (Å²) in [6.45, 7) is 4.88. The number of hydrogen-bond donors (Lipinski definition) is 2. The highest BCUT2D eigenvalue weighted by atomic mass is 19.1. The van der Waals surface area contributed by atoms with E-state index in [9.17, 15) is 18.3 Å². The van der Waals surface area contributed by atoms with Gasteiger partial charge in [-0.3, -0.25) is 4.90 Å². The molecular weight excluding hydrogens is 365 g/mol. The van der Waals surface area contributed by atoms with E-state index in [1.165, 1.54) is 13.8 Å². The van der Waals surface area contributed by atoms with Crippen LogP contribution in [0.2, 0.25) is 0 Å². The van der Waals surface area contributed by atoms with Crippen LogP contribution in [0.15, 0.2) is 36.4 Å². The zero-order valence-corrected chi connectivity index (χ0v) is 16.1. The van der Waals surface area contributed by atoms with Gasteiger partial charge in [0.1, 0.15) is 23.1 Å². The van der Waals surface area contributed by atoms with Gasteiger partial charge in [-0.15, -0.1) is 0 Å². The molecule has 3 nitrogen and oxygen atoms in total. The van der Waals surface area contributed by atoms with E-state index in [2.05, 4.69) is 4.98 Å². The summed E-state index contributed by atoms with van der Waals surface area (Å²) >= 11 is 0. The van der Waals surface area contributed by atoms with Crippen molar-refractivity contribution >= 4 is 10.9 Å². The van der Waals surface area contributed by atoms with Crippen LogP contribution < -0.4 is 0 Å². The second-order valence-corrected chi connectivity index (χ2v) is 8.23. The number of alkyl halides is 1. The lowest BCUT2D eigenvalue weighted by molar-refractivity contribution is 0.0642. The fraction of sp³-hybridized carbons (Fsp3) is 0.364. The van der Waals surface area contributed by atoms with E-state index in [-0.39, 0.29) is 18.2 Å². The minimum absolute atomic E-state index is 0.0212. The van der Waals surface area contributed by atoms with Crippen molar-refractivity contribution < 1.29 is 18.3 Å². The number of H-pyrrole nitrogens is 1. The maximum atomic E-state index is 14.8. The van der Waals surface area contributed by atoms with Gasteiger partial charge >= 0.3 is 0 Å². The summed E-state index contributed by atoms with van der Waals surface area (Å²) in [6.07, 6.45) is 0.646. The van der Waals surface area contributed by atoms with E-state index in [0.717, 1.165) is 28.6 Å². The molecule has 3 aromatic rings. The lowest BCUT2D eigenvalue weighted by atomic mass is 9.87. The van der Waals surface area contributed by atoms with Gasteiger partial charge in [0, 0.05) is 46.9 Å². The Morgan fingerprint density at radius 3 is 2.46 bits per heavy atom. The Bertz CT molecular complexity index is 1010. The number of nitrogens with zero attached hydrogens (tertiary/aromatic N) is 1. The molecule has 1 aliphatic rings. The average Bonchev–Trinajstić information content (AvgIpc) is 2.94. The summed E-state index contributed by atoms with van der Waals surface area (Å²) in [7, 11) is 0. The summed E-state index contributed by atoms with van der Waals surface area (Å²) in [6, 6.07) is 8.58. The molecule has 4 rings (SSSR count). The summed E-state index contributed by atoms with van der Waals surface area (Å²) in [5, 5.41) is 10.6. The number of nitrogens with one attached hydrogen (secondary N) is 1. The number of phenolic OH excluding ortho intramolecular Hbond substituents is 1. The van der Waals surface area contributed by atoms with Gasteiger partial charge in [-0.25, -0.2) is 13.2 Å². The molecule has 1 aromatic heterocycles. The van der Waals surface area contributed by atoms with Gasteiger partial charge in [-0.2, -0.15) is 0 Å². The standard InChI is InChI=1S/C22H23F3N2O/c1-12-8-15-14-6-4-5-7-18(14)26-20(15)21(27(12)11-22(2,3)25)19-16(23)9-13(28)10-17(19)24/h4-7,9-10,12,21,26,28H,8,11H2,1-3H3. The largest absolute Gasteiger partial charge is 0.508 e. The summed E-state index contributed by atoms with van der Waals surface area (Å²) in [5.41, 5.74) is 0.826. The van der Waals surface area contributed by atoms with Crippen LogP contribution in [0.1, 0.15) is 43.6 Å². The fourth-order valence-corrected chi connectivity index (χ4v) is 4.33. The summed E-state index contributed by atoms with van der Waals surface area (Å²) < 4.78 is 44.3. The Hall–Kier alpha value is -2.47. The summed E-state index contributed by atoms with van der Waals surface area (Å²) in [4.78, 5) is 5.11. The van der Waals surface area contributed by atoms with Gasteiger partial charge in [0.15, 0.2) is 0 Å². The Morgan fingerprint density at radius 1 is 1.18 bits per heavy atom. The second kappa shape index (κ2) is 6.55. The zero-order chi connectivity index (χ0) is 20.2. The van der Waals surface area contributed by atoms with Crippen molar-refractivity contribution in [3.63, 3.8) is 0 Å². The molecule has 0 aliphatic carbocycles. The maximum absolute atomic E-state index is 14.8. The van der Waals surface area contributed by atoms with Gasteiger partial charge < -0.3 is 10.1 Å². The SMILES string of the molecule is CC1Cc2c([nH]c3ccccc23)C(c2c(F)cc(O)cc2F)N1CC(C)(C)F. The van der Waals surface area contributed by atoms with Crippen molar-refractivity contribution in [3.8, 4) is 5.75 Å². The molecule has 0 saturated carbocycles. The molecule has 0 amide bonds. The number of benzene rings is 2. The van der Waals surface area contributed by atoms with Crippen LogP contribution in [0.4, 0.5) is 13.2 Å². The van der Waals surface area contributed by atoms with Crippen molar-refractivity contribution in [2.24, 2.45) is 0 Å². The van der Waals surface area contributed by atoms with Gasteiger partial charge in [0.25, 0.3) is 0 Å². The minimum Gasteiger partial charge on any atom is -0.508 e. The van der Waals surface area contributed by atoms with E-state index in [4.69, 9.17) is 0 Å². The first-order valence-corrected chi connectivity index (χ1v) is 9.38. The molecule has 0 saturated heterocycles. The molecule has 2 atom stereocenters. The maximum Gasteiger partial charge on any atom is 0.135 e. The molecule has 6 heteroatoms. The van der Waals surface area contributed by atoms with Crippen molar-refractivity contribution in [1.29, 1.82) is 0 Å². The van der Waals surface area contributed by atoms with Crippen LogP contribution >= 0.6 is 0 Å². The van der Waals surface area contributed by atoms with E-state index in [1.54, 1.807) is 4.90 Å². The molecule has 0 fully saturated rings. The number of aromatic amines is 1. The van der Waals surface area contributed by atoms with Crippen LogP contribution in [-0.4, -0.2) is 33.2 Å². The summed E-state index contributed by atoms with van der Waals surface area (Å²) in [5.74, 6) is -2.16. The fourth-order valence-electron chi connectivity index (χ4n) is 4.33. The van der Waals surface area contributed by atoms with E-state index in [0.29, 0.717) is 12.1 Å². The first kappa shape index (κ1) is 18.9. The molecule has 2 unspecified atom stereocenters. The Kier molecular flexibility index (Phi) is 4.42. The van der Waals surface area contributed by atoms with Crippen molar-refractivity contribution in [1.82, 2.24) is 9.88 Å². The predicted molar refractivity (Wildman–Crippen MR) is 103 cm³/mol. The van der Waals surface area contributed by atoms with Crippen molar-refractivity contribution in [3.05, 3.63) is 64.9 Å². The number of halogens is 3. The highest BCUT2D eigenvalue weighted by Crippen LogP contribution is 2.43. The molecule has 0 radical (unpaired) electrons. The molecule has 148 valence electrons. The van der Waals surface area contributed by atoms with Gasteiger partial charge in [-0.1, -0.05) is 18.2 Å².